The number of rotatable bonds is 6. The van der Waals surface area contributed by atoms with Crippen molar-refractivity contribution in [2.24, 2.45) is 5.92 Å². The molecule has 0 fully saturated rings. The molecule has 1 amide bonds. The van der Waals surface area contributed by atoms with Crippen molar-refractivity contribution in [2.75, 3.05) is 7.11 Å². The Hall–Kier alpha value is -2.15. The first kappa shape index (κ1) is 17.2. The zero-order chi connectivity index (χ0) is 17.0. The minimum absolute atomic E-state index is 0.245. The summed E-state index contributed by atoms with van der Waals surface area (Å²) < 4.78 is 10.1. The fourth-order valence-corrected chi connectivity index (χ4v) is 3.05. The molecular formula is C16H20N2O4S. The summed E-state index contributed by atoms with van der Waals surface area (Å²) in [6.07, 6.45) is 2.06. The molecule has 6 nitrogen and oxygen atoms in total. The van der Waals surface area contributed by atoms with Crippen molar-refractivity contribution in [3.05, 3.63) is 29.0 Å². The largest absolute Gasteiger partial charge is 0.467 e. The zero-order valence-electron chi connectivity index (χ0n) is 13.6. The molecule has 0 radical (unpaired) electrons. The standard InChI is InChI=1S/C16H20N2O4S/c1-9(2)8-11(16(20)21-4)17-14(19)13-10(3)23-15(18-13)12-6-5-7-22-12/h5-7,9,11H,8H2,1-4H3,(H,17,19)/t11-/m1/s1. The van der Waals surface area contributed by atoms with Crippen molar-refractivity contribution >= 4 is 23.2 Å². The van der Waals surface area contributed by atoms with Crippen LogP contribution in [0.15, 0.2) is 22.8 Å². The summed E-state index contributed by atoms with van der Waals surface area (Å²) in [7, 11) is 1.31. The zero-order valence-corrected chi connectivity index (χ0v) is 14.4. The van der Waals surface area contributed by atoms with Crippen LogP contribution < -0.4 is 5.32 Å². The topological polar surface area (TPSA) is 81.4 Å². The summed E-state index contributed by atoms with van der Waals surface area (Å²) in [5, 5.41) is 3.35. The molecule has 0 aliphatic rings. The molecule has 0 saturated carbocycles. The number of hydrogen-bond donors (Lipinski definition) is 1. The number of ether oxygens (including phenoxy) is 1. The summed E-state index contributed by atoms with van der Waals surface area (Å²) in [5.74, 6) is 0.0252. The van der Waals surface area contributed by atoms with Crippen LogP contribution >= 0.6 is 11.3 Å². The van der Waals surface area contributed by atoms with Crippen LogP contribution in [0, 0.1) is 12.8 Å². The SMILES string of the molecule is COC(=O)[C@@H](CC(C)C)NC(=O)c1nc(-c2ccco2)sc1C. The van der Waals surface area contributed by atoms with Gasteiger partial charge in [-0.2, -0.15) is 0 Å². The Bertz CT molecular complexity index is 676. The number of methoxy groups -OCH3 is 1. The van der Waals surface area contributed by atoms with E-state index in [9.17, 15) is 9.59 Å². The van der Waals surface area contributed by atoms with Gasteiger partial charge in [-0.1, -0.05) is 13.8 Å². The summed E-state index contributed by atoms with van der Waals surface area (Å²) in [4.78, 5) is 29.4. The van der Waals surface area contributed by atoms with Crippen LogP contribution in [0.1, 0.15) is 35.6 Å². The highest BCUT2D eigenvalue weighted by Crippen LogP contribution is 2.28. The molecule has 7 heteroatoms. The van der Waals surface area contributed by atoms with Crippen molar-refractivity contribution < 1.29 is 18.7 Å². The maximum absolute atomic E-state index is 12.5. The van der Waals surface area contributed by atoms with E-state index in [1.807, 2.05) is 20.8 Å². The molecule has 2 rings (SSSR count). The van der Waals surface area contributed by atoms with Gasteiger partial charge < -0.3 is 14.5 Å². The lowest BCUT2D eigenvalue weighted by molar-refractivity contribution is -0.143. The van der Waals surface area contributed by atoms with Gasteiger partial charge in [-0.15, -0.1) is 11.3 Å². The van der Waals surface area contributed by atoms with Crippen molar-refractivity contribution in [3.63, 3.8) is 0 Å². The second-order valence-electron chi connectivity index (χ2n) is 5.58. The summed E-state index contributed by atoms with van der Waals surface area (Å²) in [6, 6.07) is 2.87. The van der Waals surface area contributed by atoms with Gasteiger partial charge in [-0.05, 0) is 31.4 Å². The maximum atomic E-state index is 12.5. The van der Waals surface area contributed by atoms with Crippen molar-refractivity contribution in [3.8, 4) is 10.8 Å². The summed E-state index contributed by atoms with van der Waals surface area (Å²) in [6.45, 7) is 5.77. The highest BCUT2D eigenvalue weighted by molar-refractivity contribution is 7.15. The maximum Gasteiger partial charge on any atom is 0.328 e. The lowest BCUT2D eigenvalue weighted by atomic mass is 10.0. The Morgan fingerprint density at radius 3 is 2.74 bits per heavy atom. The van der Waals surface area contributed by atoms with Crippen LogP contribution in [0.3, 0.4) is 0 Å². The van der Waals surface area contributed by atoms with E-state index in [1.54, 1.807) is 18.4 Å². The van der Waals surface area contributed by atoms with Gasteiger partial charge in [0, 0.05) is 4.88 Å². The van der Waals surface area contributed by atoms with Crippen molar-refractivity contribution in [1.82, 2.24) is 10.3 Å². The molecule has 124 valence electrons. The van der Waals surface area contributed by atoms with Gasteiger partial charge in [0.25, 0.3) is 5.91 Å². The van der Waals surface area contributed by atoms with E-state index in [0.29, 0.717) is 22.9 Å². The number of thiazole rings is 1. The third-order valence-electron chi connectivity index (χ3n) is 3.24. The number of nitrogens with one attached hydrogen (secondary N) is 1. The summed E-state index contributed by atoms with van der Waals surface area (Å²) >= 11 is 1.37. The highest BCUT2D eigenvalue weighted by atomic mass is 32.1. The number of aromatic nitrogens is 1. The molecule has 0 aromatic carbocycles. The Labute approximate surface area is 138 Å². The Kier molecular flexibility index (Phi) is 5.54. The van der Waals surface area contributed by atoms with Crippen molar-refractivity contribution in [2.45, 2.75) is 33.2 Å². The summed E-state index contributed by atoms with van der Waals surface area (Å²) in [5.41, 5.74) is 0.305. The third kappa shape index (κ3) is 4.19. The lowest BCUT2D eigenvalue weighted by Gasteiger charge is -2.17. The lowest BCUT2D eigenvalue weighted by Crippen LogP contribution is -2.42. The van der Waals surface area contributed by atoms with E-state index < -0.39 is 12.0 Å². The first-order valence-electron chi connectivity index (χ1n) is 7.32. The van der Waals surface area contributed by atoms with E-state index in [0.717, 1.165) is 4.88 Å². The number of nitrogens with zero attached hydrogens (tertiary/aromatic N) is 1. The number of carbonyl (C=O) groups is 2. The third-order valence-corrected chi connectivity index (χ3v) is 4.23. The Morgan fingerprint density at radius 2 is 2.17 bits per heavy atom. The Balaban J connectivity index is 2.17. The van der Waals surface area contributed by atoms with Gasteiger partial charge in [-0.3, -0.25) is 4.79 Å². The molecule has 1 N–H and O–H groups in total. The second kappa shape index (κ2) is 7.41. The van der Waals surface area contributed by atoms with Gasteiger partial charge in [0.15, 0.2) is 10.8 Å². The molecule has 0 aliphatic carbocycles. The molecule has 2 aromatic heterocycles. The van der Waals surface area contributed by atoms with Gasteiger partial charge in [-0.25, -0.2) is 9.78 Å². The van der Waals surface area contributed by atoms with Gasteiger partial charge in [0.2, 0.25) is 0 Å². The number of amides is 1. The van der Waals surface area contributed by atoms with Crippen LogP contribution in [0.25, 0.3) is 10.8 Å². The number of carbonyl (C=O) groups excluding carboxylic acids is 2. The predicted molar refractivity (Wildman–Crippen MR) is 87.3 cm³/mol. The first-order valence-corrected chi connectivity index (χ1v) is 8.14. The average Bonchev–Trinajstić information content (AvgIpc) is 3.14. The molecular weight excluding hydrogens is 316 g/mol. The van der Waals surface area contributed by atoms with Crippen LogP contribution in [0.2, 0.25) is 0 Å². The van der Waals surface area contributed by atoms with Crippen molar-refractivity contribution in [1.29, 1.82) is 0 Å². The number of furan rings is 1. The van der Waals surface area contributed by atoms with E-state index in [1.165, 1.54) is 18.4 Å². The van der Waals surface area contributed by atoms with Crippen LogP contribution in [0.4, 0.5) is 0 Å². The first-order chi connectivity index (χ1) is 10.9. The fraction of sp³-hybridized carbons (Fsp3) is 0.438. The predicted octanol–water partition coefficient (Wildman–Crippen LogP) is 3.03. The highest BCUT2D eigenvalue weighted by Gasteiger charge is 2.25. The second-order valence-corrected chi connectivity index (χ2v) is 6.78. The smallest absolute Gasteiger partial charge is 0.328 e. The van der Waals surface area contributed by atoms with E-state index in [2.05, 4.69) is 10.3 Å². The molecule has 23 heavy (non-hydrogen) atoms. The molecule has 0 unspecified atom stereocenters. The minimum atomic E-state index is -0.680. The van der Waals surface area contributed by atoms with Gasteiger partial charge in [0.1, 0.15) is 11.7 Å². The molecule has 0 bridgehead atoms. The fourth-order valence-electron chi connectivity index (χ4n) is 2.17. The van der Waals surface area contributed by atoms with E-state index in [4.69, 9.17) is 9.15 Å². The minimum Gasteiger partial charge on any atom is -0.467 e. The molecule has 2 aromatic rings. The Morgan fingerprint density at radius 1 is 1.43 bits per heavy atom. The van der Waals surface area contributed by atoms with Crippen LogP contribution in [0.5, 0.6) is 0 Å². The quantitative estimate of drug-likeness (QED) is 0.820. The number of esters is 1. The molecule has 0 aliphatic heterocycles. The monoisotopic (exact) mass is 336 g/mol. The number of aryl methyl sites for hydroxylation is 1. The van der Waals surface area contributed by atoms with Gasteiger partial charge in [0.05, 0.1) is 13.4 Å². The molecule has 0 spiro atoms. The normalized spacial score (nSPS) is 12.2. The number of hydrogen-bond acceptors (Lipinski definition) is 6. The van der Waals surface area contributed by atoms with E-state index in [-0.39, 0.29) is 11.8 Å². The molecule has 1 atom stereocenters. The van der Waals surface area contributed by atoms with Crippen LogP contribution in [-0.2, 0) is 9.53 Å². The molecule has 2 heterocycles. The molecule has 0 saturated heterocycles. The van der Waals surface area contributed by atoms with E-state index >= 15 is 0 Å². The van der Waals surface area contributed by atoms with Gasteiger partial charge >= 0.3 is 5.97 Å². The van der Waals surface area contributed by atoms with Crippen LogP contribution in [-0.4, -0.2) is 30.0 Å². The average molecular weight is 336 g/mol.